The fourth-order valence-electron chi connectivity index (χ4n) is 3.47. The third-order valence-corrected chi connectivity index (χ3v) is 6.67. The predicted molar refractivity (Wildman–Crippen MR) is 139 cm³/mol. The summed E-state index contributed by atoms with van der Waals surface area (Å²) >= 11 is 6.71. The molecule has 170 valence electrons. The van der Waals surface area contributed by atoms with Gasteiger partial charge in [-0.05, 0) is 43.0 Å². The Bertz CT molecular complexity index is 1330. The molecule has 1 aromatic carbocycles. The summed E-state index contributed by atoms with van der Waals surface area (Å²) in [4.78, 5) is 33.3. The number of hydrogen-bond acceptors (Lipinski definition) is 6. The van der Waals surface area contributed by atoms with Gasteiger partial charge in [0, 0.05) is 12.7 Å². The molecule has 8 heteroatoms. The maximum Gasteiger partial charge on any atom is 0.267 e. The molecule has 1 aliphatic heterocycles. The summed E-state index contributed by atoms with van der Waals surface area (Å²) < 4.78 is 2.00. The summed E-state index contributed by atoms with van der Waals surface area (Å²) in [6.07, 6.45) is 3.39. The van der Waals surface area contributed by atoms with Crippen LogP contribution in [-0.4, -0.2) is 31.1 Å². The molecule has 1 N–H and O–H groups in total. The molecule has 1 saturated heterocycles. The molecule has 0 aliphatic carbocycles. The molecule has 4 rings (SSSR count). The first kappa shape index (κ1) is 23.2. The highest BCUT2D eigenvalue weighted by molar-refractivity contribution is 8.26. The lowest BCUT2D eigenvalue weighted by Crippen LogP contribution is -2.27. The quantitative estimate of drug-likeness (QED) is 0.406. The number of nitrogens with zero attached hydrogens (tertiary/aromatic N) is 3. The minimum atomic E-state index is -0.223. The van der Waals surface area contributed by atoms with Gasteiger partial charge in [-0.2, -0.15) is 0 Å². The van der Waals surface area contributed by atoms with Crippen molar-refractivity contribution in [2.75, 3.05) is 11.9 Å². The van der Waals surface area contributed by atoms with Gasteiger partial charge in [0.05, 0.1) is 17.0 Å². The third kappa shape index (κ3) is 5.02. The largest absolute Gasteiger partial charge is 0.369 e. The lowest BCUT2D eigenvalue weighted by molar-refractivity contribution is -0.122. The summed E-state index contributed by atoms with van der Waals surface area (Å²) in [5.41, 5.74) is 3.80. The highest BCUT2D eigenvalue weighted by atomic mass is 32.2. The molecule has 1 fully saturated rings. The second-order valence-corrected chi connectivity index (χ2v) is 10.3. The number of carbonyl (C=O) groups is 1. The van der Waals surface area contributed by atoms with Gasteiger partial charge in [-0.25, -0.2) is 4.98 Å². The van der Waals surface area contributed by atoms with E-state index in [-0.39, 0.29) is 11.5 Å². The van der Waals surface area contributed by atoms with Crippen LogP contribution in [0.4, 0.5) is 5.82 Å². The number of rotatable bonds is 6. The van der Waals surface area contributed by atoms with Gasteiger partial charge in [0.15, 0.2) is 0 Å². The molecule has 6 nitrogen and oxygen atoms in total. The van der Waals surface area contributed by atoms with E-state index in [2.05, 4.69) is 24.1 Å². The van der Waals surface area contributed by atoms with Gasteiger partial charge in [0.25, 0.3) is 11.5 Å². The lowest BCUT2D eigenvalue weighted by Gasteiger charge is -2.15. The Balaban J connectivity index is 1.73. The number of fused-ring (bicyclic) bond motifs is 1. The number of nitrogens with one attached hydrogen (secondary N) is 1. The zero-order chi connectivity index (χ0) is 23.7. The van der Waals surface area contributed by atoms with Gasteiger partial charge in [0.1, 0.15) is 15.8 Å². The molecule has 33 heavy (non-hydrogen) atoms. The zero-order valence-electron chi connectivity index (χ0n) is 19.1. The van der Waals surface area contributed by atoms with Crippen molar-refractivity contribution in [3.8, 4) is 0 Å². The van der Waals surface area contributed by atoms with E-state index >= 15 is 0 Å². The van der Waals surface area contributed by atoms with E-state index in [1.165, 1.54) is 16.2 Å². The number of thioether (sulfide) groups is 1. The highest BCUT2D eigenvalue weighted by Gasteiger charge is 2.32. The second-order valence-electron chi connectivity index (χ2n) is 8.64. The van der Waals surface area contributed by atoms with Crippen LogP contribution in [0.15, 0.2) is 52.3 Å². The molecule has 0 atom stereocenters. The molecule has 0 unspecified atom stereocenters. The summed E-state index contributed by atoms with van der Waals surface area (Å²) in [7, 11) is 0. The monoisotopic (exact) mass is 478 g/mol. The minimum absolute atomic E-state index is 0.200. The topological polar surface area (TPSA) is 66.7 Å². The number of hydrogen-bond donors (Lipinski definition) is 1. The van der Waals surface area contributed by atoms with E-state index in [1.54, 1.807) is 17.2 Å². The van der Waals surface area contributed by atoms with E-state index < -0.39 is 0 Å². The van der Waals surface area contributed by atoms with Crippen LogP contribution < -0.4 is 10.9 Å². The van der Waals surface area contributed by atoms with Crippen LogP contribution in [0.25, 0.3) is 11.7 Å². The van der Waals surface area contributed by atoms with Gasteiger partial charge in [-0.3, -0.25) is 18.9 Å². The van der Waals surface area contributed by atoms with Crippen molar-refractivity contribution < 1.29 is 4.79 Å². The molecule has 1 amide bonds. The first-order valence-electron chi connectivity index (χ1n) is 10.8. The van der Waals surface area contributed by atoms with Crippen LogP contribution in [0.1, 0.15) is 36.1 Å². The maximum absolute atomic E-state index is 13.4. The van der Waals surface area contributed by atoms with E-state index in [0.29, 0.717) is 45.3 Å². The normalized spacial score (nSPS) is 15.3. The van der Waals surface area contributed by atoms with Crippen LogP contribution in [0.3, 0.4) is 0 Å². The second kappa shape index (κ2) is 9.49. The number of amides is 1. The van der Waals surface area contributed by atoms with Crippen LogP contribution in [0, 0.1) is 19.8 Å². The minimum Gasteiger partial charge on any atom is -0.369 e. The van der Waals surface area contributed by atoms with E-state index in [9.17, 15) is 9.59 Å². The standard InChI is InChI=1S/C25H26N4O2S2/c1-15(2)12-26-22-19(23(30)28-13-17(4)7-10-21(28)27-22)11-20-24(31)29(25(32)33-20)14-18-8-5-16(3)6-9-18/h5-11,13,15,26H,12,14H2,1-4H3/b20-11-. The van der Waals surface area contributed by atoms with Crippen LogP contribution in [0.2, 0.25) is 0 Å². The summed E-state index contributed by atoms with van der Waals surface area (Å²) in [6.45, 7) is 9.17. The number of thiocarbonyl (C=S) groups is 1. The zero-order valence-corrected chi connectivity index (χ0v) is 20.7. The third-order valence-electron chi connectivity index (χ3n) is 5.29. The Morgan fingerprint density at radius 1 is 1.09 bits per heavy atom. The van der Waals surface area contributed by atoms with Gasteiger partial charge < -0.3 is 5.32 Å². The molecule has 1 aliphatic rings. The Hall–Kier alpha value is -2.97. The number of pyridine rings is 1. The van der Waals surface area contributed by atoms with Gasteiger partial charge in [-0.15, -0.1) is 0 Å². The van der Waals surface area contributed by atoms with E-state index in [4.69, 9.17) is 12.2 Å². The van der Waals surface area contributed by atoms with Crippen molar-refractivity contribution in [1.82, 2.24) is 14.3 Å². The Morgan fingerprint density at radius 2 is 1.79 bits per heavy atom. The molecule has 2 aromatic heterocycles. The summed E-state index contributed by atoms with van der Waals surface area (Å²) in [6, 6.07) is 11.8. The molecule has 0 spiro atoms. The van der Waals surface area contributed by atoms with E-state index in [0.717, 1.165) is 16.7 Å². The SMILES string of the molecule is Cc1ccc(CN2C(=O)/C(=C/c3c(NCC(C)C)nc4ccc(C)cn4c3=O)SC2=S)cc1. The number of aryl methyl sites for hydroxylation is 2. The average Bonchev–Trinajstić information content (AvgIpc) is 3.03. The van der Waals surface area contributed by atoms with Crippen LogP contribution >= 0.6 is 24.0 Å². The van der Waals surface area contributed by atoms with Crippen molar-refractivity contribution in [3.63, 3.8) is 0 Å². The molecule has 3 aromatic rings. The highest BCUT2D eigenvalue weighted by Crippen LogP contribution is 2.34. The van der Waals surface area contributed by atoms with Crippen molar-refractivity contribution in [2.45, 2.75) is 34.2 Å². The van der Waals surface area contributed by atoms with Crippen molar-refractivity contribution >= 4 is 51.7 Å². The Labute approximate surface area is 202 Å². The Morgan fingerprint density at radius 3 is 2.48 bits per heavy atom. The number of benzene rings is 1. The number of anilines is 1. The van der Waals surface area contributed by atoms with Gasteiger partial charge in [0.2, 0.25) is 0 Å². The smallest absolute Gasteiger partial charge is 0.267 e. The maximum atomic E-state index is 13.4. The molecular weight excluding hydrogens is 452 g/mol. The fourth-order valence-corrected chi connectivity index (χ4v) is 4.70. The Kier molecular flexibility index (Phi) is 6.67. The molecule has 0 bridgehead atoms. The first-order valence-corrected chi connectivity index (χ1v) is 12.0. The van der Waals surface area contributed by atoms with Gasteiger partial charge >= 0.3 is 0 Å². The van der Waals surface area contributed by atoms with E-state index in [1.807, 2.05) is 50.2 Å². The lowest BCUT2D eigenvalue weighted by atomic mass is 10.1. The van der Waals surface area contributed by atoms with Crippen LogP contribution in [-0.2, 0) is 11.3 Å². The van der Waals surface area contributed by atoms with Crippen molar-refractivity contribution in [1.29, 1.82) is 0 Å². The summed E-state index contributed by atoms with van der Waals surface area (Å²) in [5.74, 6) is 0.638. The predicted octanol–water partition coefficient (Wildman–Crippen LogP) is 4.78. The van der Waals surface area contributed by atoms with Gasteiger partial charge in [-0.1, -0.05) is 73.7 Å². The van der Waals surface area contributed by atoms with Crippen molar-refractivity contribution in [3.05, 3.63) is 80.1 Å². The number of carbonyl (C=O) groups excluding carboxylic acids is 1. The van der Waals surface area contributed by atoms with Crippen molar-refractivity contribution in [2.24, 2.45) is 5.92 Å². The molecule has 0 radical (unpaired) electrons. The summed E-state index contributed by atoms with van der Waals surface area (Å²) in [5, 5.41) is 3.28. The molecule has 0 saturated carbocycles. The van der Waals surface area contributed by atoms with Crippen LogP contribution in [0.5, 0.6) is 0 Å². The first-order chi connectivity index (χ1) is 15.7. The average molecular weight is 479 g/mol. The fraction of sp³-hybridized carbons (Fsp3) is 0.280. The number of aromatic nitrogens is 2. The molecule has 3 heterocycles. The molecular formula is C25H26N4O2S2.